The van der Waals surface area contributed by atoms with Crippen molar-refractivity contribution in [1.29, 1.82) is 0 Å². The molecule has 1 N–H and O–H groups in total. The van der Waals surface area contributed by atoms with Gasteiger partial charge in [0, 0.05) is 0 Å². The molecule has 0 aliphatic rings. The molecule has 7 heteroatoms. The average Bonchev–Trinajstić information content (AvgIpc) is 2.64. The molecule has 0 aliphatic carbocycles. The van der Waals surface area contributed by atoms with Gasteiger partial charge in [0.15, 0.2) is 0 Å². The van der Waals surface area contributed by atoms with Gasteiger partial charge in [0.25, 0.3) is 5.56 Å². The number of methoxy groups -OCH3 is 1. The fourth-order valence-electron chi connectivity index (χ4n) is 2.69. The van der Waals surface area contributed by atoms with Gasteiger partial charge in [-0.3, -0.25) is 9.59 Å². The van der Waals surface area contributed by atoms with Crippen molar-refractivity contribution in [2.45, 2.75) is 26.4 Å². The lowest BCUT2D eigenvalue weighted by atomic mass is 10.1. The lowest BCUT2D eigenvalue weighted by Crippen LogP contribution is -2.35. The van der Waals surface area contributed by atoms with Crippen LogP contribution in [-0.2, 0) is 11.3 Å². The number of carbonyl (C=O) groups excluding carboxylic acids is 1. The topological polar surface area (TPSA) is 86.1 Å². The minimum absolute atomic E-state index is 0.184. The largest absolute Gasteiger partial charge is 0.497 e. The number of amides is 1. The molecule has 1 amide bonds. The third kappa shape index (κ3) is 3.72. The molecule has 1 heterocycles. The molecule has 26 heavy (non-hydrogen) atoms. The molecule has 0 saturated carbocycles. The molecule has 0 spiro atoms. The van der Waals surface area contributed by atoms with Crippen molar-refractivity contribution < 1.29 is 9.53 Å². The molecule has 0 aliphatic heterocycles. The van der Waals surface area contributed by atoms with Crippen molar-refractivity contribution >= 4 is 16.8 Å². The number of ether oxygens (including phenoxy) is 1. The van der Waals surface area contributed by atoms with Gasteiger partial charge >= 0.3 is 0 Å². The molecule has 7 nitrogen and oxygen atoms in total. The summed E-state index contributed by atoms with van der Waals surface area (Å²) in [6.45, 7) is 3.61. The van der Waals surface area contributed by atoms with Crippen LogP contribution in [0.15, 0.2) is 47.3 Å². The molecule has 0 saturated heterocycles. The zero-order valence-corrected chi connectivity index (χ0v) is 14.9. The monoisotopic (exact) mass is 352 g/mol. The summed E-state index contributed by atoms with van der Waals surface area (Å²) < 4.78 is 6.20. The van der Waals surface area contributed by atoms with Crippen molar-refractivity contribution in [2.75, 3.05) is 7.11 Å². The van der Waals surface area contributed by atoms with E-state index in [9.17, 15) is 9.59 Å². The van der Waals surface area contributed by atoms with Crippen LogP contribution in [0.5, 0.6) is 5.75 Å². The average molecular weight is 352 g/mol. The van der Waals surface area contributed by atoms with Crippen LogP contribution in [0.25, 0.3) is 10.9 Å². The van der Waals surface area contributed by atoms with E-state index in [4.69, 9.17) is 4.74 Å². The van der Waals surface area contributed by atoms with Gasteiger partial charge < -0.3 is 10.1 Å². The third-order valence-electron chi connectivity index (χ3n) is 4.17. The molecule has 3 aromatic rings. The van der Waals surface area contributed by atoms with Crippen LogP contribution in [0.2, 0.25) is 0 Å². The summed E-state index contributed by atoms with van der Waals surface area (Å²) in [7, 11) is 1.60. The second-order valence-corrected chi connectivity index (χ2v) is 6.14. The first kappa shape index (κ1) is 17.6. The summed E-state index contributed by atoms with van der Waals surface area (Å²) in [5.74, 6) is 0.441. The zero-order valence-electron chi connectivity index (χ0n) is 14.9. The van der Waals surface area contributed by atoms with Gasteiger partial charge in [0.1, 0.15) is 17.8 Å². The second-order valence-electron chi connectivity index (χ2n) is 6.14. The molecule has 2 aromatic carbocycles. The van der Waals surface area contributed by atoms with Crippen molar-refractivity contribution in [3.8, 4) is 5.75 Å². The van der Waals surface area contributed by atoms with Crippen LogP contribution in [0.3, 0.4) is 0 Å². The first-order valence-corrected chi connectivity index (χ1v) is 8.25. The molecule has 0 radical (unpaired) electrons. The van der Waals surface area contributed by atoms with Gasteiger partial charge in [-0.05, 0) is 49.2 Å². The number of nitrogens with one attached hydrogen (secondary N) is 1. The Morgan fingerprint density at radius 1 is 1.23 bits per heavy atom. The summed E-state index contributed by atoms with van der Waals surface area (Å²) >= 11 is 0. The fourth-order valence-corrected chi connectivity index (χ4v) is 2.69. The van der Waals surface area contributed by atoms with Crippen LogP contribution < -0.4 is 15.6 Å². The molecule has 1 unspecified atom stereocenters. The standard InChI is InChI=1S/C19H20N4O3/c1-12-4-9-16-17(10-12)21-22-23(19(16)25)11-18(24)20-13(2)14-5-7-15(26-3)8-6-14/h4-10,13H,11H2,1-3H3,(H,20,24). The van der Waals surface area contributed by atoms with E-state index in [1.165, 1.54) is 0 Å². The maximum atomic E-state index is 12.5. The Morgan fingerprint density at radius 3 is 2.65 bits per heavy atom. The minimum Gasteiger partial charge on any atom is -0.497 e. The molecule has 0 fully saturated rings. The van der Waals surface area contributed by atoms with Gasteiger partial charge in [-0.2, -0.15) is 0 Å². The van der Waals surface area contributed by atoms with E-state index in [1.54, 1.807) is 19.2 Å². The van der Waals surface area contributed by atoms with Gasteiger partial charge in [-0.15, -0.1) is 5.10 Å². The normalized spacial score (nSPS) is 12.0. The summed E-state index contributed by atoms with van der Waals surface area (Å²) in [4.78, 5) is 24.8. The Hall–Kier alpha value is -3.22. The quantitative estimate of drug-likeness (QED) is 0.759. The Kier molecular flexibility index (Phi) is 4.97. The Labute approximate surface area is 150 Å². The fraction of sp³-hybridized carbons (Fsp3) is 0.263. The Bertz CT molecular complexity index is 996. The molecule has 0 bridgehead atoms. The van der Waals surface area contributed by atoms with E-state index >= 15 is 0 Å². The SMILES string of the molecule is COc1ccc(C(C)NC(=O)Cn2nnc3cc(C)ccc3c2=O)cc1. The smallest absolute Gasteiger partial charge is 0.278 e. The van der Waals surface area contributed by atoms with Crippen molar-refractivity contribution in [2.24, 2.45) is 0 Å². The van der Waals surface area contributed by atoms with Crippen LogP contribution in [0.1, 0.15) is 24.1 Å². The Morgan fingerprint density at radius 2 is 1.96 bits per heavy atom. The summed E-state index contributed by atoms with van der Waals surface area (Å²) in [6, 6.07) is 12.6. The van der Waals surface area contributed by atoms with E-state index in [0.717, 1.165) is 21.6 Å². The van der Waals surface area contributed by atoms with E-state index in [1.807, 2.05) is 44.2 Å². The van der Waals surface area contributed by atoms with Crippen LogP contribution >= 0.6 is 0 Å². The summed E-state index contributed by atoms with van der Waals surface area (Å²) in [5.41, 5.74) is 2.13. The maximum absolute atomic E-state index is 12.5. The van der Waals surface area contributed by atoms with Crippen molar-refractivity contribution in [1.82, 2.24) is 20.3 Å². The molecule has 1 atom stereocenters. The number of benzene rings is 2. The molecule has 3 rings (SSSR count). The number of hydrogen-bond acceptors (Lipinski definition) is 5. The van der Waals surface area contributed by atoms with Gasteiger partial charge in [0.05, 0.1) is 18.5 Å². The first-order chi connectivity index (χ1) is 12.5. The minimum atomic E-state index is -0.331. The van der Waals surface area contributed by atoms with Gasteiger partial charge in [-0.1, -0.05) is 23.4 Å². The van der Waals surface area contributed by atoms with Crippen LogP contribution in [0, 0.1) is 6.92 Å². The maximum Gasteiger partial charge on any atom is 0.278 e. The number of fused-ring (bicyclic) bond motifs is 1. The number of aryl methyl sites for hydroxylation is 1. The number of aromatic nitrogens is 3. The highest BCUT2D eigenvalue weighted by molar-refractivity contribution is 5.79. The summed E-state index contributed by atoms with van der Waals surface area (Å²) in [5, 5.41) is 11.2. The molecular weight excluding hydrogens is 332 g/mol. The molecular formula is C19H20N4O3. The van der Waals surface area contributed by atoms with E-state index < -0.39 is 0 Å². The highest BCUT2D eigenvalue weighted by Gasteiger charge is 2.13. The first-order valence-electron chi connectivity index (χ1n) is 8.25. The third-order valence-corrected chi connectivity index (χ3v) is 4.17. The number of rotatable bonds is 5. The van der Waals surface area contributed by atoms with Gasteiger partial charge in [-0.25, -0.2) is 4.68 Å². The predicted molar refractivity (Wildman–Crippen MR) is 98.1 cm³/mol. The molecule has 1 aromatic heterocycles. The van der Waals surface area contributed by atoms with Crippen LogP contribution in [0.4, 0.5) is 0 Å². The lowest BCUT2D eigenvalue weighted by molar-refractivity contribution is -0.122. The highest BCUT2D eigenvalue weighted by Crippen LogP contribution is 2.17. The van der Waals surface area contributed by atoms with E-state index in [-0.39, 0.29) is 24.1 Å². The highest BCUT2D eigenvalue weighted by atomic mass is 16.5. The lowest BCUT2D eigenvalue weighted by Gasteiger charge is -2.15. The zero-order chi connectivity index (χ0) is 18.7. The van der Waals surface area contributed by atoms with Crippen molar-refractivity contribution in [3.05, 3.63) is 63.9 Å². The van der Waals surface area contributed by atoms with Crippen molar-refractivity contribution in [3.63, 3.8) is 0 Å². The summed E-state index contributed by atoms with van der Waals surface area (Å²) in [6.07, 6.45) is 0. The van der Waals surface area contributed by atoms with Gasteiger partial charge in [0.2, 0.25) is 5.91 Å². The number of hydrogen-bond donors (Lipinski definition) is 1. The predicted octanol–water partition coefficient (Wildman–Crippen LogP) is 1.99. The molecule has 134 valence electrons. The van der Waals surface area contributed by atoms with E-state index in [0.29, 0.717) is 10.9 Å². The number of carbonyl (C=O) groups is 1. The second kappa shape index (κ2) is 7.35. The Balaban J connectivity index is 1.73. The van der Waals surface area contributed by atoms with E-state index in [2.05, 4.69) is 15.6 Å². The number of nitrogens with zero attached hydrogens (tertiary/aromatic N) is 3. The van der Waals surface area contributed by atoms with Crippen LogP contribution in [-0.4, -0.2) is 28.0 Å².